The molecule has 0 aromatic carbocycles. The maximum Gasteiger partial charge on any atom is 0.309 e. The van der Waals surface area contributed by atoms with E-state index in [2.05, 4.69) is 15.4 Å². The minimum Gasteiger partial charge on any atom is -0.264 e. The summed E-state index contributed by atoms with van der Waals surface area (Å²) in [5.74, 6) is 0.673. The predicted octanol–water partition coefficient (Wildman–Crippen LogP) is -0.277. The molecule has 1 rings (SSSR count). The van der Waals surface area contributed by atoms with E-state index in [-0.39, 0.29) is 5.57 Å². The van der Waals surface area contributed by atoms with E-state index in [1.807, 2.05) is 0 Å². The summed E-state index contributed by atoms with van der Waals surface area (Å²) in [6.07, 6.45) is 1.02. The molecule has 0 saturated carbocycles. The topological polar surface area (TPSA) is 71.2 Å². The first kappa shape index (κ1) is 5.53. The molecule has 0 atom stereocenters. The van der Waals surface area contributed by atoms with Gasteiger partial charge in [-0.1, -0.05) is 5.11 Å². The first-order valence-corrected chi connectivity index (χ1v) is 2.08. The Morgan fingerprint density at radius 2 is 2.33 bits per heavy atom. The van der Waals surface area contributed by atoms with E-state index in [1.54, 1.807) is 0 Å². The van der Waals surface area contributed by atoms with Gasteiger partial charge in [-0.25, -0.2) is 4.79 Å². The Labute approximate surface area is 49.8 Å². The van der Waals surface area contributed by atoms with Crippen LogP contribution in [0.3, 0.4) is 0 Å². The summed E-state index contributed by atoms with van der Waals surface area (Å²) in [6.45, 7) is 0. The van der Waals surface area contributed by atoms with Crippen molar-refractivity contribution in [1.82, 2.24) is 0 Å². The van der Waals surface area contributed by atoms with Gasteiger partial charge in [0, 0.05) is 0 Å². The smallest absolute Gasteiger partial charge is 0.264 e. The third-order valence-electron chi connectivity index (χ3n) is 0.714. The predicted molar refractivity (Wildman–Crippen MR) is 27.6 cm³/mol. The summed E-state index contributed by atoms with van der Waals surface area (Å²) in [4.78, 5) is 20.2. The summed E-state index contributed by atoms with van der Waals surface area (Å²) in [5, 5.41) is 9.16. The van der Waals surface area contributed by atoms with Crippen molar-refractivity contribution >= 4 is 18.1 Å². The molecule has 0 saturated heterocycles. The fraction of sp³-hybridized carbons (Fsp3) is 0. The average molecular weight is 123 g/mol. The minimum atomic E-state index is -0.694. The Hall–Kier alpha value is -1.61. The quantitative estimate of drug-likeness (QED) is 0.328. The van der Waals surface area contributed by atoms with Crippen LogP contribution in [0.25, 0.3) is 0 Å². The number of nitrogens with zero attached hydrogens (tertiary/aromatic N) is 3. The number of carbonyl (C=O) groups is 1. The molecule has 0 spiro atoms. The summed E-state index contributed by atoms with van der Waals surface area (Å²) >= 11 is 0. The summed E-state index contributed by atoms with van der Waals surface area (Å²) in [5.41, 5.74) is -0.190. The van der Waals surface area contributed by atoms with E-state index in [9.17, 15) is 9.59 Å². The standard InChI is InChI=1S/C4HN3O2/c8-2-3-1-5-7-6-4(3)9/h1H. The van der Waals surface area contributed by atoms with Gasteiger partial charge in [0.15, 0.2) is 0 Å². The second-order valence-corrected chi connectivity index (χ2v) is 1.25. The zero-order chi connectivity index (χ0) is 6.69. The molecular weight excluding hydrogens is 122 g/mol. The van der Waals surface area contributed by atoms with E-state index in [1.165, 1.54) is 5.94 Å². The Balaban J connectivity index is 3.04. The van der Waals surface area contributed by atoms with Crippen molar-refractivity contribution in [2.24, 2.45) is 15.4 Å². The molecule has 0 fully saturated rings. The van der Waals surface area contributed by atoms with Crippen LogP contribution in [0, 0.1) is 0 Å². The Bertz CT molecular complexity index is 247. The van der Waals surface area contributed by atoms with Gasteiger partial charge in [-0.2, -0.15) is 0 Å². The highest BCUT2D eigenvalue weighted by molar-refractivity contribution is 6.19. The summed E-state index contributed by atoms with van der Waals surface area (Å²) < 4.78 is 0. The number of hydrogen-bond donors (Lipinski definition) is 0. The molecule has 5 heteroatoms. The molecule has 1 amide bonds. The first-order valence-electron chi connectivity index (χ1n) is 2.08. The van der Waals surface area contributed by atoms with Crippen LogP contribution in [0.15, 0.2) is 21.0 Å². The fourth-order valence-electron chi connectivity index (χ4n) is 0.329. The van der Waals surface area contributed by atoms with Gasteiger partial charge in [-0.3, -0.25) is 4.79 Å². The van der Waals surface area contributed by atoms with E-state index in [0.29, 0.717) is 0 Å². The van der Waals surface area contributed by atoms with Gasteiger partial charge in [-0.05, 0) is 5.22 Å². The minimum absolute atomic E-state index is 0.190. The number of amides is 1. The van der Waals surface area contributed by atoms with Crippen LogP contribution in [0.5, 0.6) is 0 Å². The molecule has 0 aromatic heterocycles. The van der Waals surface area contributed by atoms with Crippen molar-refractivity contribution in [3.05, 3.63) is 5.57 Å². The van der Waals surface area contributed by atoms with Gasteiger partial charge >= 0.3 is 5.91 Å². The lowest BCUT2D eigenvalue weighted by atomic mass is 10.3. The van der Waals surface area contributed by atoms with Crippen LogP contribution < -0.4 is 0 Å². The average Bonchev–Trinajstić information content (AvgIpc) is 1.89. The van der Waals surface area contributed by atoms with Crippen molar-refractivity contribution in [2.45, 2.75) is 0 Å². The summed E-state index contributed by atoms with van der Waals surface area (Å²) in [7, 11) is 0. The lowest BCUT2D eigenvalue weighted by Gasteiger charge is -1.88. The second-order valence-electron chi connectivity index (χ2n) is 1.25. The molecule has 5 nitrogen and oxygen atoms in total. The molecule has 0 unspecified atom stereocenters. The molecule has 0 N–H and O–H groups in total. The van der Waals surface area contributed by atoms with Gasteiger partial charge in [0.1, 0.15) is 11.5 Å². The maximum absolute atomic E-state index is 10.4. The monoisotopic (exact) mass is 123 g/mol. The number of hydrogen-bond acceptors (Lipinski definition) is 4. The molecule has 1 heterocycles. The highest BCUT2D eigenvalue weighted by atomic mass is 16.2. The van der Waals surface area contributed by atoms with Crippen LogP contribution in [0.4, 0.5) is 0 Å². The summed E-state index contributed by atoms with van der Waals surface area (Å²) in [6, 6.07) is 0. The third-order valence-corrected chi connectivity index (χ3v) is 0.714. The van der Waals surface area contributed by atoms with Crippen molar-refractivity contribution in [2.75, 3.05) is 0 Å². The van der Waals surface area contributed by atoms with Crippen molar-refractivity contribution in [3.8, 4) is 0 Å². The molecule has 1 aliphatic heterocycles. The first-order chi connectivity index (χ1) is 4.34. The van der Waals surface area contributed by atoms with Gasteiger partial charge in [0.05, 0.1) is 6.21 Å². The van der Waals surface area contributed by atoms with E-state index >= 15 is 0 Å². The Kier molecular flexibility index (Phi) is 1.29. The molecule has 0 radical (unpaired) electrons. The molecule has 9 heavy (non-hydrogen) atoms. The zero-order valence-corrected chi connectivity index (χ0v) is 4.24. The van der Waals surface area contributed by atoms with Gasteiger partial charge in [-0.15, -0.1) is 5.10 Å². The third kappa shape index (κ3) is 0.949. The maximum atomic E-state index is 10.4. The lowest BCUT2D eigenvalue weighted by molar-refractivity contribution is -0.114. The van der Waals surface area contributed by atoms with Gasteiger partial charge in [0.2, 0.25) is 0 Å². The molecule has 0 bridgehead atoms. The number of carbonyl (C=O) groups excluding carboxylic acids is 2. The molecular formula is C4HN3O2. The van der Waals surface area contributed by atoms with Crippen LogP contribution in [-0.2, 0) is 9.59 Å². The van der Waals surface area contributed by atoms with Gasteiger partial charge in [0.25, 0.3) is 0 Å². The Morgan fingerprint density at radius 3 is 2.78 bits per heavy atom. The normalized spacial score (nSPS) is 16.0. The highest BCUT2D eigenvalue weighted by Gasteiger charge is 2.09. The SMILES string of the molecule is O=C=C1C=NN=NC1=O. The van der Waals surface area contributed by atoms with Crippen molar-refractivity contribution in [1.29, 1.82) is 0 Å². The van der Waals surface area contributed by atoms with Crippen LogP contribution in [0.2, 0.25) is 0 Å². The largest absolute Gasteiger partial charge is 0.309 e. The molecule has 44 valence electrons. The molecule has 0 aliphatic carbocycles. The van der Waals surface area contributed by atoms with E-state index in [0.717, 1.165) is 6.21 Å². The second kappa shape index (κ2) is 2.11. The van der Waals surface area contributed by atoms with Crippen molar-refractivity contribution < 1.29 is 9.59 Å². The van der Waals surface area contributed by atoms with Crippen LogP contribution in [0.1, 0.15) is 0 Å². The fourth-order valence-corrected chi connectivity index (χ4v) is 0.329. The molecule has 0 aromatic rings. The van der Waals surface area contributed by atoms with E-state index < -0.39 is 5.91 Å². The highest BCUT2D eigenvalue weighted by Crippen LogP contribution is 1.95. The zero-order valence-electron chi connectivity index (χ0n) is 4.24. The molecule has 1 aliphatic rings. The lowest BCUT2D eigenvalue weighted by Crippen LogP contribution is -2.02. The van der Waals surface area contributed by atoms with Crippen LogP contribution >= 0.6 is 0 Å². The number of rotatable bonds is 0. The Morgan fingerprint density at radius 1 is 1.56 bits per heavy atom. The van der Waals surface area contributed by atoms with Crippen molar-refractivity contribution in [3.63, 3.8) is 0 Å². The van der Waals surface area contributed by atoms with Gasteiger partial charge < -0.3 is 0 Å². The van der Waals surface area contributed by atoms with E-state index in [4.69, 9.17) is 0 Å². The van der Waals surface area contributed by atoms with Crippen LogP contribution in [-0.4, -0.2) is 18.1 Å².